The molecule has 2 atom stereocenters. The number of amides is 1. The highest BCUT2D eigenvalue weighted by atomic mass is 16.5. The lowest BCUT2D eigenvalue weighted by Gasteiger charge is -2.25. The minimum atomic E-state index is -0.866. The molecule has 0 aromatic rings. The number of ether oxygens (including phenoxy) is 1. The van der Waals surface area contributed by atoms with Crippen LogP contribution in [-0.4, -0.2) is 48.8 Å². The van der Waals surface area contributed by atoms with Crippen molar-refractivity contribution in [3.63, 3.8) is 0 Å². The number of nitrogens with one attached hydrogen (secondary N) is 2. The van der Waals surface area contributed by atoms with E-state index in [-0.39, 0.29) is 24.4 Å². The monoisotopic (exact) mass is 242 g/mol. The van der Waals surface area contributed by atoms with Crippen LogP contribution in [0.5, 0.6) is 0 Å². The van der Waals surface area contributed by atoms with Crippen molar-refractivity contribution in [3.8, 4) is 0 Å². The summed E-state index contributed by atoms with van der Waals surface area (Å²) >= 11 is 0. The molecule has 2 rings (SSSR count). The van der Waals surface area contributed by atoms with E-state index in [0.717, 1.165) is 12.8 Å². The van der Waals surface area contributed by atoms with Crippen molar-refractivity contribution < 1.29 is 19.4 Å². The molecule has 0 radical (unpaired) electrons. The Morgan fingerprint density at radius 3 is 2.76 bits per heavy atom. The number of rotatable bonds is 5. The highest BCUT2D eigenvalue weighted by Crippen LogP contribution is 2.34. The minimum Gasteiger partial charge on any atom is -0.481 e. The van der Waals surface area contributed by atoms with E-state index >= 15 is 0 Å². The summed E-state index contributed by atoms with van der Waals surface area (Å²) in [6.45, 7) is 1.63. The Labute approximate surface area is 99.7 Å². The Balaban J connectivity index is 1.83. The predicted octanol–water partition coefficient (Wildman–Crippen LogP) is -0.656. The van der Waals surface area contributed by atoms with Crippen LogP contribution in [0, 0.1) is 5.92 Å². The number of carbonyl (C=O) groups excluding carboxylic acids is 1. The first-order valence-corrected chi connectivity index (χ1v) is 6.00. The Bertz CT molecular complexity index is 298. The summed E-state index contributed by atoms with van der Waals surface area (Å²) < 4.78 is 5.20. The van der Waals surface area contributed by atoms with Gasteiger partial charge in [0, 0.05) is 12.6 Å². The van der Waals surface area contributed by atoms with Crippen molar-refractivity contribution in [1.82, 2.24) is 10.6 Å². The van der Waals surface area contributed by atoms with E-state index < -0.39 is 5.97 Å². The summed E-state index contributed by atoms with van der Waals surface area (Å²) in [5, 5.41) is 14.7. The molecule has 2 aliphatic rings. The molecule has 1 aliphatic heterocycles. The number of carboxylic acids is 1. The summed E-state index contributed by atoms with van der Waals surface area (Å²) in [7, 11) is 0. The zero-order valence-corrected chi connectivity index (χ0v) is 9.65. The van der Waals surface area contributed by atoms with E-state index in [4.69, 9.17) is 9.84 Å². The SMILES string of the molecule is O=C(O)CC(NC(=O)C1COCCN1)C1CC1. The van der Waals surface area contributed by atoms with E-state index in [1.54, 1.807) is 0 Å². The fourth-order valence-electron chi connectivity index (χ4n) is 2.04. The molecule has 0 bridgehead atoms. The molecule has 1 saturated carbocycles. The van der Waals surface area contributed by atoms with Gasteiger partial charge in [0.25, 0.3) is 0 Å². The average Bonchev–Trinajstić information content (AvgIpc) is 3.12. The number of morpholine rings is 1. The van der Waals surface area contributed by atoms with E-state index in [9.17, 15) is 9.59 Å². The lowest BCUT2D eigenvalue weighted by molar-refractivity contribution is -0.138. The summed E-state index contributed by atoms with van der Waals surface area (Å²) in [5.74, 6) is -0.683. The second kappa shape index (κ2) is 5.46. The molecule has 6 heteroatoms. The van der Waals surface area contributed by atoms with E-state index in [1.165, 1.54) is 0 Å². The predicted molar refractivity (Wildman–Crippen MR) is 59.5 cm³/mol. The summed E-state index contributed by atoms with van der Waals surface area (Å²) in [6.07, 6.45) is 2.02. The maximum Gasteiger partial charge on any atom is 0.305 e. The summed E-state index contributed by atoms with van der Waals surface area (Å²) in [4.78, 5) is 22.6. The van der Waals surface area contributed by atoms with Gasteiger partial charge in [-0.05, 0) is 18.8 Å². The number of carbonyl (C=O) groups is 2. The van der Waals surface area contributed by atoms with Gasteiger partial charge < -0.3 is 20.5 Å². The maximum absolute atomic E-state index is 11.9. The van der Waals surface area contributed by atoms with Gasteiger partial charge in [0.15, 0.2) is 0 Å². The third kappa shape index (κ3) is 3.67. The van der Waals surface area contributed by atoms with Gasteiger partial charge in [0.2, 0.25) is 5.91 Å². The van der Waals surface area contributed by atoms with Crippen LogP contribution in [-0.2, 0) is 14.3 Å². The molecule has 1 aliphatic carbocycles. The van der Waals surface area contributed by atoms with Crippen molar-refractivity contribution in [2.45, 2.75) is 31.3 Å². The van der Waals surface area contributed by atoms with Crippen molar-refractivity contribution in [2.75, 3.05) is 19.8 Å². The first-order valence-electron chi connectivity index (χ1n) is 6.00. The fourth-order valence-corrected chi connectivity index (χ4v) is 2.04. The van der Waals surface area contributed by atoms with Gasteiger partial charge in [0.1, 0.15) is 6.04 Å². The van der Waals surface area contributed by atoms with Gasteiger partial charge in [0.05, 0.1) is 19.6 Å². The molecule has 2 unspecified atom stereocenters. The van der Waals surface area contributed by atoms with Crippen LogP contribution in [0.2, 0.25) is 0 Å². The van der Waals surface area contributed by atoms with Gasteiger partial charge in [-0.25, -0.2) is 0 Å². The van der Waals surface area contributed by atoms with Crippen molar-refractivity contribution in [3.05, 3.63) is 0 Å². The molecule has 3 N–H and O–H groups in total. The third-order valence-corrected chi connectivity index (χ3v) is 3.15. The molecule has 1 saturated heterocycles. The Hall–Kier alpha value is -1.14. The smallest absolute Gasteiger partial charge is 0.305 e. The fraction of sp³-hybridized carbons (Fsp3) is 0.818. The minimum absolute atomic E-state index is 0.00395. The highest BCUT2D eigenvalue weighted by molar-refractivity contribution is 5.83. The van der Waals surface area contributed by atoms with Crippen LogP contribution in [0.15, 0.2) is 0 Å². The number of hydrogen-bond donors (Lipinski definition) is 3. The molecule has 96 valence electrons. The number of aliphatic carboxylic acids is 1. The molecule has 2 fully saturated rings. The van der Waals surface area contributed by atoms with Crippen LogP contribution in [0.25, 0.3) is 0 Å². The number of hydrogen-bond acceptors (Lipinski definition) is 4. The van der Waals surface area contributed by atoms with Crippen molar-refractivity contribution in [2.24, 2.45) is 5.92 Å². The average molecular weight is 242 g/mol. The van der Waals surface area contributed by atoms with Gasteiger partial charge in [-0.15, -0.1) is 0 Å². The molecule has 0 aromatic carbocycles. The van der Waals surface area contributed by atoms with Crippen LogP contribution >= 0.6 is 0 Å². The normalized spacial score (nSPS) is 26.2. The Morgan fingerprint density at radius 1 is 1.47 bits per heavy atom. The van der Waals surface area contributed by atoms with E-state index in [2.05, 4.69) is 10.6 Å². The summed E-state index contributed by atoms with van der Waals surface area (Å²) in [6, 6.07) is -0.581. The first kappa shape index (κ1) is 12.3. The highest BCUT2D eigenvalue weighted by Gasteiger charge is 2.35. The molecular weight excluding hydrogens is 224 g/mol. The van der Waals surface area contributed by atoms with Gasteiger partial charge in [-0.3, -0.25) is 9.59 Å². The van der Waals surface area contributed by atoms with Gasteiger partial charge >= 0.3 is 5.97 Å². The second-order valence-electron chi connectivity index (χ2n) is 4.63. The topological polar surface area (TPSA) is 87.7 Å². The largest absolute Gasteiger partial charge is 0.481 e. The standard InChI is InChI=1S/C11H18N2O4/c14-10(15)5-8(7-1-2-7)13-11(16)9-6-17-4-3-12-9/h7-9,12H,1-6H2,(H,13,16)(H,14,15). The molecule has 1 amide bonds. The molecule has 6 nitrogen and oxygen atoms in total. The lowest BCUT2D eigenvalue weighted by Crippen LogP contribution is -2.54. The van der Waals surface area contributed by atoms with E-state index in [0.29, 0.717) is 25.7 Å². The lowest BCUT2D eigenvalue weighted by atomic mass is 10.1. The van der Waals surface area contributed by atoms with Crippen LogP contribution in [0.4, 0.5) is 0 Å². The Kier molecular flexibility index (Phi) is 3.96. The summed E-state index contributed by atoms with van der Waals surface area (Å²) in [5.41, 5.74) is 0. The van der Waals surface area contributed by atoms with Crippen molar-refractivity contribution in [1.29, 1.82) is 0 Å². The zero-order valence-electron chi connectivity index (χ0n) is 9.65. The number of carboxylic acid groups (broad SMARTS) is 1. The van der Waals surface area contributed by atoms with Crippen LogP contribution in [0.3, 0.4) is 0 Å². The second-order valence-corrected chi connectivity index (χ2v) is 4.63. The third-order valence-electron chi connectivity index (χ3n) is 3.15. The molecule has 0 spiro atoms. The van der Waals surface area contributed by atoms with Gasteiger partial charge in [-0.1, -0.05) is 0 Å². The van der Waals surface area contributed by atoms with Gasteiger partial charge in [-0.2, -0.15) is 0 Å². The van der Waals surface area contributed by atoms with E-state index in [1.807, 2.05) is 0 Å². The first-order chi connectivity index (χ1) is 8.16. The zero-order chi connectivity index (χ0) is 12.3. The molecule has 0 aromatic heterocycles. The molecule has 17 heavy (non-hydrogen) atoms. The quantitative estimate of drug-likeness (QED) is 0.596. The van der Waals surface area contributed by atoms with Crippen LogP contribution < -0.4 is 10.6 Å². The van der Waals surface area contributed by atoms with Crippen molar-refractivity contribution >= 4 is 11.9 Å². The maximum atomic E-state index is 11.9. The van der Waals surface area contributed by atoms with Crippen LogP contribution in [0.1, 0.15) is 19.3 Å². The molecular formula is C11H18N2O4. The Morgan fingerprint density at radius 2 is 2.24 bits per heavy atom. The molecule has 1 heterocycles.